The van der Waals surface area contributed by atoms with E-state index in [9.17, 15) is 0 Å². The largest absolute Gasteiger partial charge is 0.362 e. The Hall–Kier alpha value is -1.03. The zero-order valence-electron chi connectivity index (χ0n) is 12.3. The number of thiophene rings is 1. The molecular weight excluding hydrogens is 300 g/mol. The first-order valence-electron chi connectivity index (χ1n) is 7.56. The molecule has 1 N–H and O–H groups in total. The van der Waals surface area contributed by atoms with Crippen LogP contribution in [0.2, 0.25) is 5.02 Å². The third kappa shape index (κ3) is 3.60. The minimum Gasteiger partial charge on any atom is -0.362 e. The smallest absolute Gasteiger partial charge is 0.0643 e. The lowest BCUT2D eigenvalue weighted by Crippen LogP contribution is -2.27. The number of halogens is 1. The lowest BCUT2D eigenvalue weighted by molar-refractivity contribution is 0.716. The Morgan fingerprint density at radius 2 is 2.14 bits per heavy atom. The zero-order chi connectivity index (χ0) is 14.7. The SMILES string of the molecule is CCNCc1cccc(Cl)c1N(Cc1cccs1)C1CC1. The number of nitrogens with one attached hydrogen (secondary N) is 1. The van der Waals surface area contributed by atoms with E-state index in [2.05, 4.69) is 46.8 Å². The fourth-order valence-corrected chi connectivity index (χ4v) is 3.64. The molecule has 1 aliphatic carbocycles. The summed E-state index contributed by atoms with van der Waals surface area (Å²) in [5, 5.41) is 6.44. The van der Waals surface area contributed by atoms with Gasteiger partial charge in [-0.1, -0.05) is 36.7 Å². The second-order valence-corrected chi connectivity index (χ2v) is 6.91. The van der Waals surface area contributed by atoms with Gasteiger partial charge in [0.1, 0.15) is 0 Å². The van der Waals surface area contributed by atoms with Gasteiger partial charge in [-0.05, 0) is 42.5 Å². The second-order valence-electron chi connectivity index (χ2n) is 5.47. The molecule has 3 rings (SSSR count). The van der Waals surface area contributed by atoms with Crippen molar-refractivity contribution in [2.45, 2.75) is 38.9 Å². The molecule has 0 unspecified atom stereocenters. The van der Waals surface area contributed by atoms with Crippen LogP contribution in [0, 0.1) is 0 Å². The van der Waals surface area contributed by atoms with Crippen molar-refractivity contribution in [2.75, 3.05) is 11.4 Å². The summed E-state index contributed by atoms with van der Waals surface area (Å²) in [6, 6.07) is 11.2. The standard InChI is InChI=1S/C17H21ClN2S/c1-2-19-11-13-5-3-7-16(18)17(13)20(14-8-9-14)12-15-6-4-10-21-15/h3-7,10,14,19H,2,8-9,11-12H2,1H3. The van der Waals surface area contributed by atoms with Crippen LogP contribution < -0.4 is 10.2 Å². The Morgan fingerprint density at radius 1 is 1.29 bits per heavy atom. The van der Waals surface area contributed by atoms with Gasteiger partial charge in [0.2, 0.25) is 0 Å². The molecule has 0 bridgehead atoms. The maximum absolute atomic E-state index is 6.55. The summed E-state index contributed by atoms with van der Waals surface area (Å²) in [7, 11) is 0. The monoisotopic (exact) mass is 320 g/mol. The van der Waals surface area contributed by atoms with Crippen LogP contribution in [0.25, 0.3) is 0 Å². The number of rotatable bonds is 7. The van der Waals surface area contributed by atoms with E-state index in [-0.39, 0.29) is 0 Å². The van der Waals surface area contributed by atoms with E-state index in [1.807, 2.05) is 17.4 Å². The first-order valence-corrected chi connectivity index (χ1v) is 8.82. The first-order chi connectivity index (χ1) is 10.3. The van der Waals surface area contributed by atoms with Crippen molar-refractivity contribution in [2.24, 2.45) is 0 Å². The summed E-state index contributed by atoms with van der Waals surface area (Å²) in [6.45, 7) is 4.94. The van der Waals surface area contributed by atoms with Gasteiger partial charge in [0, 0.05) is 17.5 Å². The van der Waals surface area contributed by atoms with Gasteiger partial charge < -0.3 is 10.2 Å². The Kier molecular flexibility index (Phi) is 4.84. The quantitative estimate of drug-likeness (QED) is 0.797. The molecule has 112 valence electrons. The number of nitrogens with zero attached hydrogens (tertiary/aromatic N) is 1. The van der Waals surface area contributed by atoms with Gasteiger partial charge in [-0.15, -0.1) is 11.3 Å². The molecule has 2 aromatic rings. The average Bonchev–Trinajstić information content (AvgIpc) is 3.20. The first kappa shape index (κ1) is 14.9. The molecule has 0 radical (unpaired) electrons. The summed E-state index contributed by atoms with van der Waals surface area (Å²) >= 11 is 8.37. The van der Waals surface area contributed by atoms with Gasteiger partial charge in [-0.3, -0.25) is 0 Å². The van der Waals surface area contributed by atoms with Gasteiger partial charge in [0.25, 0.3) is 0 Å². The third-order valence-corrected chi connectivity index (χ3v) is 4.98. The third-order valence-electron chi connectivity index (χ3n) is 3.82. The molecule has 0 aliphatic heterocycles. The highest BCUT2D eigenvalue weighted by Crippen LogP contribution is 2.39. The molecule has 0 atom stereocenters. The van der Waals surface area contributed by atoms with Crippen LogP contribution in [0.4, 0.5) is 5.69 Å². The van der Waals surface area contributed by atoms with Crippen molar-refractivity contribution in [1.29, 1.82) is 0 Å². The minimum atomic E-state index is 0.646. The van der Waals surface area contributed by atoms with Crippen molar-refractivity contribution in [3.05, 3.63) is 51.2 Å². The Labute approximate surface area is 135 Å². The maximum atomic E-state index is 6.55. The summed E-state index contributed by atoms with van der Waals surface area (Å²) in [4.78, 5) is 3.90. The molecule has 1 aromatic carbocycles. The zero-order valence-corrected chi connectivity index (χ0v) is 13.9. The lowest BCUT2D eigenvalue weighted by atomic mass is 10.1. The summed E-state index contributed by atoms with van der Waals surface area (Å²) in [5.74, 6) is 0. The van der Waals surface area contributed by atoms with E-state index in [0.29, 0.717) is 6.04 Å². The van der Waals surface area contributed by atoms with Crippen LogP contribution >= 0.6 is 22.9 Å². The molecule has 21 heavy (non-hydrogen) atoms. The van der Waals surface area contributed by atoms with Crippen LogP contribution in [0.3, 0.4) is 0 Å². The van der Waals surface area contributed by atoms with E-state index in [1.165, 1.54) is 29.0 Å². The van der Waals surface area contributed by atoms with Crippen LogP contribution in [0.1, 0.15) is 30.2 Å². The van der Waals surface area contributed by atoms with Gasteiger partial charge in [0.15, 0.2) is 0 Å². The molecule has 0 spiro atoms. The molecule has 2 nitrogen and oxygen atoms in total. The molecule has 4 heteroatoms. The van der Waals surface area contributed by atoms with Crippen molar-refractivity contribution >= 4 is 28.6 Å². The maximum Gasteiger partial charge on any atom is 0.0643 e. The van der Waals surface area contributed by atoms with E-state index < -0.39 is 0 Å². The highest BCUT2D eigenvalue weighted by Gasteiger charge is 2.31. The number of hydrogen-bond donors (Lipinski definition) is 1. The van der Waals surface area contributed by atoms with Crippen LogP contribution in [0.5, 0.6) is 0 Å². The average molecular weight is 321 g/mol. The highest BCUT2D eigenvalue weighted by atomic mass is 35.5. The van der Waals surface area contributed by atoms with E-state index in [4.69, 9.17) is 11.6 Å². The molecular formula is C17H21ClN2S. The summed E-state index contributed by atoms with van der Waals surface area (Å²) in [6.07, 6.45) is 2.55. The fourth-order valence-electron chi connectivity index (χ4n) is 2.63. The van der Waals surface area contributed by atoms with Crippen molar-refractivity contribution in [3.63, 3.8) is 0 Å². The molecule has 1 aromatic heterocycles. The Bertz CT molecular complexity index is 578. The van der Waals surface area contributed by atoms with Crippen molar-refractivity contribution < 1.29 is 0 Å². The van der Waals surface area contributed by atoms with Crippen LogP contribution in [0.15, 0.2) is 35.7 Å². The Balaban J connectivity index is 1.90. The van der Waals surface area contributed by atoms with E-state index >= 15 is 0 Å². The number of anilines is 1. The molecule has 0 saturated heterocycles. The van der Waals surface area contributed by atoms with Crippen molar-refractivity contribution in [1.82, 2.24) is 5.32 Å². The predicted molar refractivity (Wildman–Crippen MR) is 92.4 cm³/mol. The number of hydrogen-bond acceptors (Lipinski definition) is 3. The molecule has 1 heterocycles. The van der Waals surface area contributed by atoms with Crippen LogP contribution in [-0.2, 0) is 13.1 Å². The summed E-state index contributed by atoms with van der Waals surface area (Å²) in [5.41, 5.74) is 2.52. The minimum absolute atomic E-state index is 0.646. The second kappa shape index (κ2) is 6.82. The predicted octanol–water partition coefficient (Wildman–Crippen LogP) is 4.68. The molecule has 0 amide bonds. The molecule has 1 saturated carbocycles. The van der Waals surface area contributed by atoms with Gasteiger partial charge in [-0.2, -0.15) is 0 Å². The topological polar surface area (TPSA) is 15.3 Å². The molecule has 1 fully saturated rings. The number of para-hydroxylation sites is 1. The van der Waals surface area contributed by atoms with Crippen LogP contribution in [-0.4, -0.2) is 12.6 Å². The van der Waals surface area contributed by atoms with E-state index in [1.54, 1.807) is 0 Å². The fraction of sp³-hybridized carbons (Fsp3) is 0.412. The summed E-state index contributed by atoms with van der Waals surface area (Å²) < 4.78 is 0. The van der Waals surface area contributed by atoms with Gasteiger partial charge in [0.05, 0.1) is 17.3 Å². The Morgan fingerprint density at radius 3 is 2.81 bits per heavy atom. The van der Waals surface area contributed by atoms with Gasteiger partial charge >= 0.3 is 0 Å². The lowest BCUT2D eigenvalue weighted by Gasteiger charge is -2.28. The highest BCUT2D eigenvalue weighted by molar-refractivity contribution is 7.09. The normalized spacial score (nSPS) is 14.4. The van der Waals surface area contributed by atoms with E-state index in [0.717, 1.165) is 24.7 Å². The molecule has 1 aliphatic rings. The number of benzene rings is 1. The van der Waals surface area contributed by atoms with Crippen molar-refractivity contribution in [3.8, 4) is 0 Å². The van der Waals surface area contributed by atoms with Gasteiger partial charge in [-0.25, -0.2) is 0 Å².